The fourth-order valence-electron chi connectivity index (χ4n) is 0.410. The van der Waals surface area contributed by atoms with Crippen LogP contribution in [0.5, 0.6) is 0 Å². The average molecular weight is 419 g/mol. The molecule has 0 radical (unpaired) electrons. The Kier molecular flexibility index (Phi) is 22.6. The van der Waals surface area contributed by atoms with Crippen LogP contribution in [0.4, 0.5) is 51.8 Å². The van der Waals surface area contributed by atoms with E-state index in [9.17, 15) is 60.2 Å². The normalized spacial score (nSPS) is 11.2. The van der Waals surface area contributed by atoms with Crippen LogP contribution in [0.25, 0.3) is 0 Å². The van der Waals surface area contributed by atoms with Crippen LogP contribution in [0.2, 0.25) is 0 Å². The van der Waals surface area contributed by atoms with Crippen molar-refractivity contribution in [2.45, 2.75) is 12.8 Å². The number of hydrogen-bond acceptors (Lipinski definition) is 2. The first-order valence-electron chi connectivity index (χ1n) is 5.24. The Hall–Kier alpha value is -0.398. The number of rotatable bonds is 4. The summed E-state index contributed by atoms with van der Waals surface area (Å²) in [7, 11) is -21.7. The van der Waals surface area contributed by atoms with Gasteiger partial charge in [0.05, 0.1) is 5.75 Å². The number of halogens is 12. The summed E-state index contributed by atoms with van der Waals surface area (Å²) in [6.07, 6.45) is 2.69. The van der Waals surface area contributed by atoms with Crippen molar-refractivity contribution in [3.63, 3.8) is 0 Å². The predicted octanol–water partition coefficient (Wildman–Crippen LogP) is 4.09. The van der Waals surface area contributed by atoms with Crippen molar-refractivity contribution >= 4 is 50.7 Å². The molecule has 1 N–H and O–H groups in total. The second kappa shape index (κ2) is 15.8. The van der Waals surface area contributed by atoms with Gasteiger partial charge in [-0.15, -0.1) is 6.58 Å². The van der Waals surface area contributed by atoms with E-state index in [0.29, 0.717) is 12.8 Å². The summed E-state index contributed by atoms with van der Waals surface area (Å²) in [5, 5.41) is 0. The van der Waals surface area contributed by atoms with E-state index in [1.165, 1.54) is 0 Å². The van der Waals surface area contributed by atoms with Gasteiger partial charge >= 0.3 is 40.6 Å². The Bertz CT molecular complexity index is 361. The van der Waals surface area contributed by atoms with Crippen molar-refractivity contribution in [3.8, 4) is 0 Å². The molecule has 25 heavy (non-hydrogen) atoms. The van der Waals surface area contributed by atoms with Gasteiger partial charge in [0.1, 0.15) is 0 Å². The fourth-order valence-corrected chi connectivity index (χ4v) is 0.942. The van der Waals surface area contributed by atoms with Crippen molar-refractivity contribution in [1.82, 2.24) is 0 Å². The quantitative estimate of drug-likeness (QED) is 0.246. The topological polar surface area (TPSA) is 54.4 Å². The van der Waals surface area contributed by atoms with Crippen LogP contribution >= 0.6 is 0 Å². The maximum atomic E-state index is 10.0. The zero-order valence-corrected chi connectivity index (χ0v) is 12.2. The standard InChI is InChI=1S/C5H10O3S.3BF4.Li.H/c1-2-3-4-5-9(6,7)8;3*2-1(3,4)5;;/h2H,1,3-5H2,(H,6,7,8);;;;;/q;3*-1;;. The summed E-state index contributed by atoms with van der Waals surface area (Å²) < 4.78 is 145. The van der Waals surface area contributed by atoms with Crippen molar-refractivity contribution in [3.05, 3.63) is 12.7 Å². The molecule has 20 heteroatoms. The average Bonchev–Trinajstić information content (AvgIpc) is 2.06. The first-order chi connectivity index (χ1) is 10.1. The van der Waals surface area contributed by atoms with Gasteiger partial charge in [-0.2, -0.15) is 8.42 Å². The predicted molar refractivity (Wildman–Crippen MR) is 73.6 cm³/mol. The maximum absolute atomic E-state index is 10.0. The van der Waals surface area contributed by atoms with E-state index in [0.717, 1.165) is 0 Å². The van der Waals surface area contributed by atoms with Crippen LogP contribution in [0, 0.1) is 0 Å². The van der Waals surface area contributed by atoms with Crippen molar-refractivity contribution in [2.24, 2.45) is 0 Å². The molecule has 0 aliphatic heterocycles. The Morgan fingerprint density at radius 1 is 0.760 bits per heavy atom. The molecule has 152 valence electrons. The van der Waals surface area contributed by atoms with Crippen molar-refractivity contribution < 1.29 is 64.8 Å². The summed E-state index contributed by atoms with van der Waals surface area (Å²) in [5.41, 5.74) is 0. The van der Waals surface area contributed by atoms with Crippen LogP contribution in [0.3, 0.4) is 0 Å². The second-order valence-corrected chi connectivity index (χ2v) is 4.77. The molecule has 0 atom stereocenters. The van der Waals surface area contributed by atoms with Gasteiger partial charge in [-0.25, -0.2) is 0 Å². The van der Waals surface area contributed by atoms with E-state index in [4.69, 9.17) is 4.55 Å². The first kappa shape index (κ1) is 35.7. The molecule has 0 heterocycles. The van der Waals surface area contributed by atoms with Gasteiger partial charge in [-0.1, -0.05) is 6.08 Å². The third-order valence-corrected chi connectivity index (χ3v) is 1.62. The van der Waals surface area contributed by atoms with Crippen LogP contribution in [-0.4, -0.2) is 59.3 Å². The molecule has 0 unspecified atom stereocenters. The summed E-state index contributed by atoms with van der Waals surface area (Å²) in [6.45, 7) is 3.40. The van der Waals surface area contributed by atoms with E-state index in [1.807, 2.05) is 0 Å². The van der Waals surface area contributed by atoms with Gasteiger partial charge in [-0.3, -0.25) is 4.55 Å². The Morgan fingerprint density at radius 3 is 1.08 bits per heavy atom. The number of allylic oxidation sites excluding steroid dienone is 1. The zero-order valence-electron chi connectivity index (χ0n) is 11.3. The zero-order chi connectivity index (χ0) is 20.8. The van der Waals surface area contributed by atoms with E-state index in [1.54, 1.807) is 6.08 Å². The van der Waals surface area contributed by atoms with Gasteiger partial charge < -0.3 is 51.8 Å². The van der Waals surface area contributed by atoms with Crippen molar-refractivity contribution in [1.29, 1.82) is 0 Å². The van der Waals surface area contributed by atoms with Gasteiger partial charge in [0, 0.05) is 0 Å². The molecule has 0 saturated carbocycles. The summed E-state index contributed by atoms with van der Waals surface area (Å²) in [5.74, 6) is -0.168. The molecule has 0 fully saturated rings. The minimum absolute atomic E-state index is 0. The van der Waals surface area contributed by atoms with E-state index >= 15 is 0 Å². The molecule has 0 aliphatic rings. The number of hydrogen-bond donors (Lipinski definition) is 1. The van der Waals surface area contributed by atoms with Gasteiger partial charge in [0.15, 0.2) is 0 Å². The molecule has 0 amide bonds. The minimum atomic E-state index is -6.00. The Morgan fingerprint density at radius 2 is 0.960 bits per heavy atom. The molecule has 0 bridgehead atoms. The van der Waals surface area contributed by atoms with E-state index < -0.39 is 31.9 Å². The molecular weight excluding hydrogens is 407 g/mol. The SMILES string of the molecule is C=CCCCS(=O)(=O)O.F[B-](F)(F)F.F[B-](F)(F)F.F[B-](F)(F)F.[LiH]. The first-order valence-corrected chi connectivity index (χ1v) is 6.85. The number of unbranched alkanes of at least 4 members (excludes halogenated alkanes) is 1. The van der Waals surface area contributed by atoms with E-state index in [2.05, 4.69) is 6.58 Å². The van der Waals surface area contributed by atoms with Gasteiger partial charge in [0.25, 0.3) is 10.1 Å². The molecule has 0 aromatic heterocycles. The van der Waals surface area contributed by atoms with Crippen molar-refractivity contribution in [2.75, 3.05) is 5.75 Å². The molecule has 0 aromatic carbocycles. The van der Waals surface area contributed by atoms with Gasteiger partial charge in [0.2, 0.25) is 0 Å². The third kappa shape index (κ3) is 351. The molecule has 0 saturated heterocycles. The monoisotopic (exact) mass is 419 g/mol. The summed E-state index contributed by atoms with van der Waals surface area (Å²) in [4.78, 5) is 0. The molecular formula is C5H11B3F12LiO3S-3. The summed E-state index contributed by atoms with van der Waals surface area (Å²) >= 11 is 0. The second-order valence-electron chi connectivity index (χ2n) is 3.20. The summed E-state index contributed by atoms with van der Waals surface area (Å²) in [6, 6.07) is 0. The van der Waals surface area contributed by atoms with Crippen LogP contribution in [-0.2, 0) is 10.1 Å². The van der Waals surface area contributed by atoms with Crippen LogP contribution in [0.1, 0.15) is 12.8 Å². The fraction of sp³-hybridized carbons (Fsp3) is 0.600. The molecule has 0 aromatic rings. The van der Waals surface area contributed by atoms with E-state index in [-0.39, 0.29) is 24.6 Å². The Labute approximate surface area is 147 Å². The third-order valence-electron chi connectivity index (χ3n) is 0.811. The molecule has 0 spiro atoms. The van der Waals surface area contributed by atoms with Crippen LogP contribution in [0.15, 0.2) is 12.7 Å². The molecule has 0 rings (SSSR count). The van der Waals surface area contributed by atoms with Gasteiger partial charge in [-0.05, 0) is 12.8 Å². The van der Waals surface area contributed by atoms with Crippen LogP contribution < -0.4 is 0 Å². The molecule has 0 aliphatic carbocycles. The Balaban J connectivity index is -0.0000000733. The molecule has 3 nitrogen and oxygen atoms in total.